The van der Waals surface area contributed by atoms with E-state index in [-0.39, 0.29) is 5.69 Å². The van der Waals surface area contributed by atoms with Gasteiger partial charge in [0.2, 0.25) is 0 Å². The van der Waals surface area contributed by atoms with Gasteiger partial charge in [-0.2, -0.15) is 9.36 Å². The molecule has 0 saturated heterocycles. The lowest BCUT2D eigenvalue weighted by atomic mass is 10.0. The first-order valence-electron chi connectivity index (χ1n) is 9.23. The van der Waals surface area contributed by atoms with Crippen LogP contribution in [0.2, 0.25) is 0 Å². The molecule has 29 heavy (non-hydrogen) atoms. The first-order chi connectivity index (χ1) is 13.8. The van der Waals surface area contributed by atoms with E-state index in [0.29, 0.717) is 12.3 Å². The predicted molar refractivity (Wildman–Crippen MR) is 111 cm³/mol. The summed E-state index contributed by atoms with van der Waals surface area (Å²) in [6.07, 6.45) is 0. The third-order valence-corrected chi connectivity index (χ3v) is 4.80. The number of aryl methyl sites for hydroxylation is 4. The number of rotatable bonds is 6. The van der Waals surface area contributed by atoms with E-state index < -0.39 is 0 Å². The van der Waals surface area contributed by atoms with Gasteiger partial charge in [-0.15, -0.1) is 0 Å². The average molecular weight is 395 g/mol. The van der Waals surface area contributed by atoms with Crippen LogP contribution in [-0.4, -0.2) is 32.6 Å². The van der Waals surface area contributed by atoms with Crippen LogP contribution < -0.4 is 10.4 Å². The second-order valence-corrected chi connectivity index (χ2v) is 6.96. The average Bonchev–Trinajstić information content (AvgIpc) is 3.00. The quantitative estimate of drug-likeness (QED) is 0.473. The van der Waals surface area contributed by atoms with E-state index in [1.54, 1.807) is 7.05 Å². The number of hydrogen-bond donors (Lipinski definition) is 0. The third-order valence-electron chi connectivity index (χ3n) is 4.80. The van der Waals surface area contributed by atoms with Crippen LogP contribution in [-0.2, 0) is 18.5 Å². The highest BCUT2D eigenvalue weighted by Crippen LogP contribution is 2.27. The van der Waals surface area contributed by atoms with Gasteiger partial charge in [-0.25, -0.2) is 4.79 Å². The van der Waals surface area contributed by atoms with Crippen LogP contribution in [0.5, 0.6) is 5.75 Å². The first-order valence-corrected chi connectivity index (χ1v) is 9.23. The second-order valence-electron chi connectivity index (χ2n) is 6.96. The molecular formula is C21H25N5O3. The summed E-state index contributed by atoms with van der Waals surface area (Å²) in [6, 6.07) is 9.75. The molecular weight excluding hydrogens is 370 g/mol. The molecule has 0 radical (unpaired) electrons. The summed E-state index contributed by atoms with van der Waals surface area (Å²) >= 11 is 0. The fourth-order valence-corrected chi connectivity index (χ4v) is 3.26. The van der Waals surface area contributed by atoms with Gasteiger partial charge in [0.15, 0.2) is 0 Å². The molecule has 3 aromatic rings. The summed E-state index contributed by atoms with van der Waals surface area (Å²) in [4.78, 5) is 17.2. The molecule has 3 rings (SSSR count). The maximum atomic E-state index is 12.3. The molecule has 1 heterocycles. The summed E-state index contributed by atoms with van der Waals surface area (Å²) in [7, 11) is 3.10. The monoisotopic (exact) mass is 395 g/mol. The van der Waals surface area contributed by atoms with Crippen LogP contribution in [0.1, 0.15) is 34.7 Å². The van der Waals surface area contributed by atoms with Crippen molar-refractivity contribution >= 4 is 5.71 Å². The molecule has 0 aliphatic rings. The lowest BCUT2D eigenvalue weighted by Gasteiger charge is -2.17. The Morgan fingerprint density at radius 2 is 1.79 bits per heavy atom. The number of ether oxygens (including phenoxy) is 1. The lowest BCUT2D eigenvalue weighted by Crippen LogP contribution is -2.23. The zero-order chi connectivity index (χ0) is 21.1. The van der Waals surface area contributed by atoms with Crippen molar-refractivity contribution in [3.05, 3.63) is 68.6 Å². The van der Waals surface area contributed by atoms with Crippen molar-refractivity contribution in [2.24, 2.45) is 12.2 Å². The van der Waals surface area contributed by atoms with E-state index in [2.05, 4.69) is 15.6 Å². The van der Waals surface area contributed by atoms with Crippen LogP contribution in [0.25, 0.3) is 5.69 Å². The summed E-state index contributed by atoms with van der Waals surface area (Å²) < 4.78 is 8.69. The summed E-state index contributed by atoms with van der Waals surface area (Å²) in [5.74, 6) is 0.805. The molecule has 0 fully saturated rings. The number of hydrogen-bond acceptors (Lipinski definition) is 6. The maximum absolute atomic E-state index is 12.3. The van der Waals surface area contributed by atoms with Crippen LogP contribution in [0.15, 0.2) is 40.3 Å². The highest BCUT2D eigenvalue weighted by Gasteiger charge is 2.15. The molecule has 0 atom stereocenters. The molecule has 0 aliphatic heterocycles. The summed E-state index contributed by atoms with van der Waals surface area (Å²) in [5, 5.41) is 11.8. The van der Waals surface area contributed by atoms with E-state index in [0.717, 1.165) is 39.3 Å². The number of benzene rings is 2. The zero-order valence-corrected chi connectivity index (χ0v) is 17.6. The Morgan fingerprint density at radius 3 is 2.38 bits per heavy atom. The van der Waals surface area contributed by atoms with Gasteiger partial charge in [-0.1, -0.05) is 17.3 Å². The van der Waals surface area contributed by atoms with E-state index in [9.17, 15) is 4.79 Å². The smallest absolute Gasteiger partial charge is 0.368 e. The number of aromatic nitrogens is 4. The normalized spacial score (nSPS) is 11.6. The molecule has 0 saturated carbocycles. The molecule has 8 heteroatoms. The van der Waals surface area contributed by atoms with Crippen LogP contribution >= 0.6 is 0 Å². The van der Waals surface area contributed by atoms with Gasteiger partial charge in [0.1, 0.15) is 19.5 Å². The molecule has 1 aromatic heterocycles. The molecule has 0 unspecified atom stereocenters. The van der Waals surface area contributed by atoms with Crippen molar-refractivity contribution in [3.8, 4) is 11.4 Å². The van der Waals surface area contributed by atoms with Crippen LogP contribution in [0.3, 0.4) is 0 Å². The number of nitrogens with zero attached hydrogens (tertiary/aromatic N) is 5. The highest BCUT2D eigenvalue weighted by molar-refractivity contribution is 5.98. The van der Waals surface area contributed by atoms with Gasteiger partial charge in [0, 0.05) is 12.6 Å². The molecule has 2 aromatic carbocycles. The molecule has 0 spiro atoms. The van der Waals surface area contributed by atoms with Gasteiger partial charge in [0.25, 0.3) is 0 Å². The topological polar surface area (TPSA) is 83.5 Å². The van der Waals surface area contributed by atoms with Gasteiger partial charge in [-0.3, -0.25) is 0 Å². The van der Waals surface area contributed by atoms with Gasteiger partial charge < -0.3 is 9.57 Å². The molecule has 0 aliphatic carbocycles. The van der Waals surface area contributed by atoms with Crippen molar-refractivity contribution in [1.29, 1.82) is 0 Å². The van der Waals surface area contributed by atoms with Crippen LogP contribution in [0, 0.1) is 20.8 Å². The van der Waals surface area contributed by atoms with Crippen molar-refractivity contribution in [3.63, 3.8) is 0 Å². The molecule has 152 valence electrons. The second kappa shape index (κ2) is 8.30. The van der Waals surface area contributed by atoms with Crippen molar-refractivity contribution in [2.45, 2.75) is 34.3 Å². The SMILES string of the molecule is CO/N=C(/C)c1cc(C)c(OCc2c(C)cccc2-n2nnn(C)c2=O)c(C)c1. The van der Waals surface area contributed by atoms with E-state index in [4.69, 9.17) is 9.57 Å². The van der Waals surface area contributed by atoms with Crippen molar-refractivity contribution < 1.29 is 9.57 Å². The van der Waals surface area contributed by atoms with Gasteiger partial charge in [0.05, 0.1) is 11.4 Å². The Kier molecular flexibility index (Phi) is 5.81. The summed E-state index contributed by atoms with van der Waals surface area (Å²) in [6.45, 7) is 8.18. The maximum Gasteiger partial charge on any atom is 0.368 e. The van der Waals surface area contributed by atoms with Crippen LogP contribution in [0.4, 0.5) is 0 Å². The minimum absolute atomic E-state index is 0.303. The fourth-order valence-electron chi connectivity index (χ4n) is 3.26. The Morgan fingerprint density at radius 1 is 1.10 bits per heavy atom. The number of tetrazole rings is 1. The van der Waals surface area contributed by atoms with Gasteiger partial charge >= 0.3 is 5.69 Å². The largest absolute Gasteiger partial charge is 0.488 e. The third kappa shape index (κ3) is 4.06. The van der Waals surface area contributed by atoms with Crippen molar-refractivity contribution in [1.82, 2.24) is 19.8 Å². The number of oxime groups is 1. The highest BCUT2D eigenvalue weighted by atomic mass is 16.6. The zero-order valence-electron chi connectivity index (χ0n) is 17.6. The Balaban J connectivity index is 1.94. The lowest BCUT2D eigenvalue weighted by molar-refractivity contribution is 0.213. The Labute approximate surface area is 169 Å². The van der Waals surface area contributed by atoms with E-state index in [1.807, 2.05) is 58.0 Å². The molecule has 8 nitrogen and oxygen atoms in total. The summed E-state index contributed by atoms with van der Waals surface area (Å²) in [5.41, 5.74) is 6.03. The fraction of sp³-hybridized carbons (Fsp3) is 0.333. The Bertz CT molecular complexity index is 1100. The molecule has 0 amide bonds. The molecule has 0 N–H and O–H groups in total. The Hall–Kier alpha value is -3.42. The standard InChI is InChI=1S/C21H25N5O3/c1-13-8-7-9-19(26-21(27)25(5)23-24-26)18(13)12-29-20-14(2)10-17(11-15(20)3)16(4)22-28-6/h7-11H,12H2,1-6H3/b22-16-. The minimum atomic E-state index is -0.304. The van der Waals surface area contributed by atoms with E-state index >= 15 is 0 Å². The van der Waals surface area contributed by atoms with E-state index in [1.165, 1.54) is 16.5 Å². The van der Waals surface area contributed by atoms with Gasteiger partial charge in [-0.05, 0) is 78.6 Å². The molecule has 0 bridgehead atoms. The minimum Gasteiger partial charge on any atom is -0.488 e. The predicted octanol–water partition coefficient (Wildman–Crippen LogP) is 2.84. The van der Waals surface area contributed by atoms with Crippen molar-refractivity contribution in [2.75, 3.05) is 7.11 Å². The first kappa shape index (κ1) is 20.3.